The number of aliphatic hydroxyl groups excluding tert-OH is 1. The summed E-state index contributed by atoms with van der Waals surface area (Å²) in [6.45, 7) is 2.25. The fourth-order valence-corrected chi connectivity index (χ4v) is 3.40. The number of hydrogen-bond acceptors (Lipinski definition) is 3. The number of carbonyl (C=O) groups is 1. The molecule has 0 aliphatic carbocycles. The average molecular weight is 307 g/mol. The summed E-state index contributed by atoms with van der Waals surface area (Å²) in [5, 5.41) is 11.3. The van der Waals surface area contributed by atoms with Gasteiger partial charge < -0.3 is 10.0 Å². The molecule has 0 saturated carbocycles. The van der Waals surface area contributed by atoms with Crippen molar-refractivity contribution in [2.45, 2.75) is 32.0 Å². The van der Waals surface area contributed by atoms with Gasteiger partial charge in [-0.1, -0.05) is 0 Å². The molecular weight excluding hydrogens is 291 g/mol. The van der Waals surface area contributed by atoms with Crippen LogP contribution in [-0.4, -0.2) is 35.1 Å². The summed E-state index contributed by atoms with van der Waals surface area (Å²) in [4.78, 5) is 13.8. The lowest BCUT2D eigenvalue weighted by Crippen LogP contribution is -2.45. The topological polar surface area (TPSA) is 40.5 Å². The molecule has 0 bridgehead atoms. The summed E-state index contributed by atoms with van der Waals surface area (Å²) in [7, 11) is 0. The predicted molar refractivity (Wildman–Crippen MR) is 69.6 cm³/mol. The Morgan fingerprint density at radius 3 is 2.75 bits per heavy atom. The summed E-state index contributed by atoms with van der Waals surface area (Å²) in [5.74, 6) is -0.443. The van der Waals surface area contributed by atoms with Crippen molar-refractivity contribution in [1.29, 1.82) is 0 Å². The van der Waals surface area contributed by atoms with Crippen LogP contribution in [0.2, 0.25) is 0 Å². The van der Waals surface area contributed by atoms with E-state index in [0.717, 1.165) is 16.7 Å². The van der Waals surface area contributed by atoms with E-state index in [2.05, 4.69) is 0 Å². The van der Waals surface area contributed by atoms with E-state index in [0.29, 0.717) is 19.4 Å². The predicted octanol–water partition coefficient (Wildman–Crippen LogP) is 3.00. The minimum absolute atomic E-state index is 0.0542. The molecule has 2 heterocycles. The lowest BCUT2D eigenvalue weighted by molar-refractivity contribution is -0.137. The van der Waals surface area contributed by atoms with Crippen LogP contribution in [0.1, 0.15) is 35.7 Å². The monoisotopic (exact) mass is 307 g/mol. The van der Waals surface area contributed by atoms with Gasteiger partial charge in [-0.05, 0) is 25.7 Å². The first kappa shape index (κ1) is 15.3. The van der Waals surface area contributed by atoms with E-state index >= 15 is 0 Å². The van der Waals surface area contributed by atoms with Crippen LogP contribution in [0.3, 0.4) is 0 Å². The molecular formula is C13H16F3NO2S. The molecule has 0 spiro atoms. The Balaban J connectivity index is 2.18. The number of alkyl halides is 3. The third-order valence-corrected chi connectivity index (χ3v) is 4.45. The molecule has 0 radical (unpaired) electrons. The molecule has 1 amide bonds. The zero-order valence-electron chi connectivity index (χ0n) is 11.0. The molecule has 2 atom stereocenters. The van der Waals surface area contributed by atoms with Crippen LogP contribution in [0.4, 0.5) is 13.2 Å². The minimum Gasteiger partial charge on any atom is -0.396 e. The van der Waals surface area contributed by atoms with Gasteiger partial charge in [0.1, 0.15) is 0 Å². The smallest absolute Gasteiger partial charge is 0.396 e. The third kappa shape index (κ3) is 2.98. The highest BCUT2D eigenvalue weighted by molar-refractivity contribution is 7.08. The van der Waals surface area contributed by atoms with Crippen molar-refractivity contribution >= 4 is 17.2 Å². The van der Waals surface area contributed by atoms with Gasteiger partial charge in [-0.15, -0.1) is 0 Å². The summed E-state index contributed by atoms with van der Waals surface area (Å²) in [6, 6.07) is -0.158. The van der Waals surface area contributed by atoms with Crippen LogP contribution in [-0.2, 0) is 6.18 Å². The molecule has 1 N–H and O–H groups in total. The minimum atomic E-state index is -4.50. The normalized spacial score (nSPS) is 23.9. The highest BCUT2D eigenvalue weighted by Crippen LogP contribution is 2.35. The van der Waals surface area contributed by atoms with Crippen molar-refractivity contribution in [3.8, 4) is 0 Å². The second kappa shape index (κ2) is 5.73. The molecule has 1 aromatic rings. The first-order valence-electron chi connectivity index (χ1n) is 6.39. The largest absolute Gasteiger partial charge is 0.417 e. The van der Waals surface area contributed by atoms with Crippen LogP contribution in [0.25, 0.3) is 0 Å². The Hall–Kier alpha value is -1.08. The van der Waals surface area contributed by atoms with Gasteiger partial charge in [0.2, 0.25) is 0 Å². The van der Waals surface area contributed by atoms with E-state index in [-0.39, 0.29) is 24.1 Å². The molecule has 1 fully saturated rings. The van der Waals surface area contributed by atoms with Crippen molar-refractivity contribution in [3.63, 3.8) is 0 Å². The molecule has 20 heavy (non-hydrogen) atoms. The van der Waals surface area contributed by atoms with E-state index in [1.165, 1.54) is 10.3 Å². The molecule has 0 aromatic carbocycles. The number of hydrogen-bond donors (Lipinski definition) is 1. The molecule has 3 nitrogen and oxygen atoms in total. The number of rotatable bonds is 2. The number of halogens is 3. The van der Waals surface area contributed by atoms with Crippen LogP contribution >= 0.6 is 11.3 Å². The molecule has 1 aromatic heterocycles. The van der Waals surface area contributed by atoms with Gasteiger partial charge in [0.05, 0.1) is 11.1 Å². The second-order valence-corrected chi connectivity index (χ2v) is 5.86. The van der Waals surface area contributed by atoms with Gasteiger partial charge in [0, 0.05) is 30.0 Å². The Morgan fingerprint density at radius 2 is 2.20 bits per heavy atom. The lowest BCUT2D eigenvalue weighted by atomic mass is 9.92. The third-order valence-electron chi connectivity index (χ3n) is 3.70. The molecule has 1 saturated heterocycles. The van der Waals surface area contributed by atoms with E-state index in [1.807, 2.05) is 0 Å². The van der Waals surface area contributed by atoms with Gasteiger partial charge in [-0.3, -0.25) is 4.79 Å². The molecule has 7 heteroatoms. The molecule has 112 valence electrons. The first-order valence-corrected chi connectivity index (χ1v) is 7.34. The van der Waals surface area contributed by atoms with Gasteiger partial charge in [0.25, 0.3) is 5.91 Å². The van der Waals surface area contributed by atoms with Gasteiger partial charge in [0.15, 0.2) is 0 Å². The zero-order chi connectivity index (χ0) is 14.9. The van der Waals surface area contributed by atoms with E-state index < -0.39 is 17.6 Å². The maximum atomic E-state index is 12.8. The Bertz CT molecular complexity index is 486. The summed E-state index contributed by atoms with van der Waals surface area (Å²) in [6.07, 6.45) is -3.26. The van der Waals surface area contributed by atoms with E-state index in [4.69, 9.17) is 5.11 Å². The second-order valence-electron chi connectivity index (χ2n) is 5.12. The highest BCUT2D eigenvalue weighted by Gasteiger charge is 2.38. The fraction of sp³-hybridized carbons (Fsp3) is 0.615. The van der Waals surface area contributed by atoms with Crippen LogP contribution in [0.5, 0.6) is 0 Å². The van der Waals surface area contributed by atoms with Crippen molar-refractivity contribution < 1.29 is 23.1 Å². The molecule has 0 unspecified atom stereocenters. The van der Waals surface area contributed by atoms with E-state index in [9.17, 15) is 18.0 Å². The number of likely N-dealkylation sites (tertiary alicyclic amines) is 1. The maximum absolute atomic E-state index is 12.8. The molecule has 1 aliphatic heterocycles. The number of thiophene rings is 1. The zero-order valence-corrected chi connectivity index (χ0v) is 11.8. The number of piperidine rings is 1. The molecule has 1 aliphatic rings. The SMILES string of the molecule is C[C@@H]1C[C@H](CO)CCN1C(=O)c1cscc1C(F)(F)F. The first-order chi connectivity index (χ1) is 9.34. The summed E-state index contributed by atoms with van der Waals surface area (Å²) in [5.41, 5.74) is -1.12. The lowest BCUT2D eigenvalue weighted by Gasteiger charge is -2.37. The Morgan fingerprint density at radius 1 is 1.50 bits per heavy atom. The van der Waals surface area contributed by atoms with Crippen molar-refractivity contribution in [2.75, 3.05) is 13.2 Å². The van der Waals surface area contributed by atoms with Crippen LogP contribution in [0.15, 0.2) is 10.8 Å². The standard InChI is InChI=1S/C13H16F3NO2S/c1-8-4-9(5-18)2-3-17(8)12(19)10-6-20-7-11(10)13(14,15)16/h6-9,18H,2-5H2,1H3/t8-,9-/m1/s1. The number of amides is 1. The number of nitrogens with zero attached hydrogens (tertiary/aromatic N) is 1. The maximum Gasteiger partial charge on any atom is 0.417 e. The Kier molecular flexibility index (Phi) is 4.39. The van der Waals surface area contributed by atoms with Gasteiger partial charge in [-0.25, -0.2) is 0 Å². The summed E-state index contributed by atoms with van der Waals surface area (Å²) < 4.78 is 38.5. The Labute approximate surface area is 119 Å². The van der Waals surface area contributed by atoms with Crippen molar-refractivity contribution in [2.24, 2.45) is 5.92 Å². The number of aliphatic hydroxyl groups is 1. The van der Waals surface area contributed by atoms with Crippen LogP contribution < -0.4 is 0 Å². The highest BCUT2D eigenvalue weighted by atomic mass is 32.1. The summed E-state index contributed by atoms with van der Waals surface area (Å²) >= 11 is 0.884. The van der Waals surface area contributed by atoms with E-state index in [1.54, 1.807) is 6.92 Å². The van der Waals surface area contributed by atoms with Crippen LogP contribution in [0, 0.1) is 5.92 Å². The molecule has 2 rings (SSSR count). The van der Waals surface area contributed by atoms with Crippen molar-refractivity contribution in [1.82, 2.24) is 4.90 Å². The number of carbonyl (C=O) groups excluding carboxylic acids is 1. The van der Waals surface area contributed by atoms with Gasteiger partial charge >= 0.3 is 6.18 Å². The van der Waals surface area contributed by atoms with Crippen molar-refractivity contribution in [3.05, 3.63) is 21.9 Å². The fourth-order valence-electron chi connectivity index (χ4n) is 2.57. The van der Waals surface area contributed by atoms with Gasteiger partial charge in [-0.2, -0.15) is 24.5 Å². The quantitative estimate of drug-likeness (QED) is 0.912. The average Bonchev–Trinajstić information content (AvgIpc) is 2.86.